The molecule has 0 saturated carbocycles. The van der Waals surface area contributed by atoms with Crippen molar-refractivity contribution in [1.29, 1.82) is 0 Å². The quantitative estimate of drug-likeness (QED) is 0.0399. The van der Waals surface area contributed by atoms with Gasteiger partial charge in [-0.25, -0.2) is 9.59 Å². The number of nitrogens with one attached hydrogen (secondary N) is 4. The number of hydrogen-bond acceptors (Lipinski definition) is 10. The van der Waals surface area contributed by atoms with E-state index in [-0.39, 0.29) is 74.8 Å². The summed E-state index contributed by atoms with van der Waals surface area (Å²) in [4.78, 5) is 84.6. The highest BCUT2D eigenvalue weighted by Crippen LogP contribution is 2.21. The number of primary amides is 1. The van der Waals surface area contributed by atoms with Gasteiger partial charge in [-0.15, -0.1) is 0 Å². The average Bonchev–Trinajstić information content (AvgIpc) is 3.00. The Morgan fingerprint density at radius 1 is 0.784 bits per heavy atom. The van der Waals surface area contributed by atoms with Crippen molar-refractivity contribution >= 4 is 58.3 Å². The number of amides is 5. The summed E-state index contributed by atoms with van der Waals surface area (Å²) in [5.41, 5.74) is 26.8. The van der Waals surface area contributed by atoms with Crippen LogP contribution in [0, 0.1) is 6.92 Å². The van der Waals surface area contributed by atoms with Gasteiger partial charge >= 0.3 is 11.7 Å². The van der Waals surface area contributed by atoms with E-state index in [4.69, 9.17) is 37.8 Å². The van der Waals surface area contributed by atoms with Crippen molar-refractivity contribution in [3.63, 3.8) is 0 Å². The molecule has 0 aliphatic rings. The molecule has 5 amide bonds. The third-order valence-corrected chi connectivity index (χ3v) is 7.06. The van der Waals surface area contributed by atoms with Crippen molar-refractivity contribution in [2.45, 2.75) is 89.9 Å². The van der Waals surface area contributed by atoms with E-state index in [0.29, 0.717) is 10.9 Å². The highest BCUT2D eigenvalue weighted by molar-refractivity contribution is 6.00. The molecule has 14 N–H and O–H groups in total. The summed E-state index contributed by atoms with van der Waals surface area (Å²) in [5.74, 6) is -3.23. The number of hydrogen-bond donors (Lipinski definition) is 9. The van der Waals surface area contributed by atoms with E-state index >= 15 is 0 Å². The number of ether oxygens (including phenoxy) is 1. The van der Waals surface area contributed by atoms with Gasteiger partial charge in [0, 0.05) is 42.7 Å². The normalized spacial score (nSPS) is 12.8. The number of fused-ring (bicyclic) bond motifs is 1. The van der Waals surface area contributed by atoms with Gasteiger partial charge < -0.3 is 59.1 Å². The van der Waals surface area contributed by atoms with E-state index in [0.717, 1.165) is 0 Å². The van der Waals surface area contributed by atoms with Crippen LogP contribution in [0.2, 0.25) is 0 Å². The Labute approximate surface area is 294 Å². The molecule has 2 aromatic rings. The summed E-state index contributed by atoms with van der Waals surface area (Å²) >= 11 is 0. The molecule has 0 radical (unpaired) electrons. The van der Waals surface area contributed by atoms with E-state index in [9.17, 15) is 28.8 Å². The summed E-state index contributed by atoms with van der Waals surface area (Å²) in [5, 5.41) is 11.1. The fourth-order valence-electron chi connectivity index (χ4n) is 4.73. The van der Waals surface area contributed by atoms with E-state index in [1.54, 1.807) is 39.8 Å². The smallest absolute Gasteiger partial charge is 0.408 e. The Morgan fingerprint density at radius 2 is 1.31 bits per heavy atom. The fraction of sp³-hybridized carbons (Fsp3) is 0.500. The second-order valence-electron chi connectivity index (χ2n) is 12.7. The first kappa shape index (κ1) is 41.3. The SMILES string of the molecule is Cc1cc(=O)oc2cc(NC(=O)C(CCCN=C(N)N)NC(=O)C(CCCN=C(N)N)NC(=O)C(CCC(N)=O)NC(=O)OC(C)(C)C)ccc12. The van der Waals surface area contributed by atoms with E-state index in [2.05, 4.69) is 31.3 Å². The molecule has 0 saturated heterocycles. The Morgan fingerprint density at radius 3 is 1.82 bits per heavy atom. The third kappa shape index (κ3) is 15.5. The van der Waals surface area contributed by atoms with Gasteiger partial charge in [-0.05, 0) is 77.5 Å². The molecular formula is C32H49N11O8. The molecule has 2 rings (SSSR count). The molecule has 0 aliphatic heterocycles. The average molecular weight is 716 g/mol. The number of carbonyl (C=O) groups is 5. The minimum Gasteiger partial charge on any atom is -0.444 e. The lowest BCUT2D eigenvalue weighted by molar-refractivity contribution is -0.132. The van der Waals surface area contributed by atoms with Crippen molar-refractivity contribution in [2.75, 3.05) is 18.4 Å². The maximum atomic E-state index is 13.8. The Bertz CT molecular complexity index is 1680. The van der Waals surface area contributed by atoms with E-state index < -0.39 is 59.1 Å². The fourth-order valence-corrected chi connectivity index (χ4v) is 4.73. The van der Waals surface area contributed by atoms with Crippen molar-refractivity contribution in [3.05, 3.63) is 40.2 Å². The zero-order valence-electron chi connectivity index (χ0n) is 29.2. The van der Waals surface area contributed by atoms with Crippen molar-refractivity contribution in [2.24, 2.45) is 38.7 Å². The van der Waals surface area contributed by atoms with Crippen LogP contribution in [0.4, 0.5) is 10.5 Å². The molecule has 3 unspecified atom stereocenters. The molecule has 0 aliphatic carbocycles. The second-order valence-corrected chi connectivity index (χ2v) is 12.7. The predicted octanol–water partition coefficient (Wildman–Crippen LogP) is -0.724. The van der Waals surface area contributed by atoms with Crippen LogP contribution in [-0.4, -0.2) is 78.5 Å². The molecule has 0 bridgehead atoms. The van der Waals surface area contributed by atoms with Crippen LogP contribution in [0.25, 0.3) is 11.0 Å². The summed E-state index contributed by atoms with van der Waals surface area (Å²) < 4.78 is 10.5. The number of rotatable bonds is 18. The van der Waals surface area contributed by atoms with Gasteiger partial charge in [0.1, 0.15) is 29.3 Å². The number of nitrogens with two attached hydrogens (primary N) is 5. The highest BCUT2D eigenvalue weighted by Gasteiger charge is 2.31. The summed E-state index contributed by atoms with van der Waals surface area (Å²) in [6, 6.07) is 2.40. The maximum Gasteiger partial charge on any atom is 0.408 e. The Hall–Kier alpha value is -5.88. The monoisotopic (exact) mass is 715 g/mol. The first-order valence-corrected chi connectivity index (χ1v) is 16.2. The van der Waals surface area contributed by atoms with E-state index in [1.807, 2.05) is 0 Å². The molecule has 1 heterocycles. The van der Waals surface area contributed by atoms with Crippen LogP contribution in [-0.2, 0) is 23.9 Å². The van der Waals surface area contributed by atoms with Gasteiger partial charge in [-0.1, -0.05) is 0 Å². The van der Waals surface area contributed by atoms with Gasteiger partial charge in [-0.2, -0.15) is 0 Å². The van der Waals surface area contributed by atoms with Gasteiger partial charge in [0.05, 0.1) is 0 Å². The van der Waals surface area contributed by atoms with Gasteiger partial charge in [0.15, 0.2) is 11.9 Å². The molecule has 0 fully saturated rings. The molecule has 1 aromatic carbocycles. The first-order chi connectivity index (χ1) is 23.8. The summed E-state index contributed by atoms with van der Waals surface area (Å²) in [6.07, 6.45) is -0.791. The third-order valence-electron chi connectivity index (χ3n) is 7.06. The lowest BCUT2D eigenvalue weighted by Gasteiger charge is -2.26. The van der Waals surface area contributed by atoms with Crippen LogP contribution in [0.5, 0.6) is 0 Å². The summed E-state index contributed by atoms with van der Waals surface area (Å²) in [7, 11) is 0. The standard InChI is InChI=1S/C32H49N11O8/c1-17-15-25(45)50-23-16-18(9-10-19(17)23)40-26(46)20(7-5-13-38-29(34)35)41-27(47)21(8-6-14-39-30(36)37)42-28(48)22(11-12-24(33)44)43-31(49)51-32(2,3)4/h9-10,15-16,20-22H,5-8,11-14H2,1-4H3,(H2,33,44)(H,40,46)(H,41,47)(H,42,48)(H,43,49)(H4,34,35,38)(H4,36,37,39). The lowest BCUT2D eigenvalue weighted by Crippen LogP contribution is -2.56. The number of aliphatic imine (C=N–C) groups is 2. The van der Waals surface area contributed by atoms with Gasteiger partial charge in [0.2, 0.25) is 23.6 Å². The zero-order valence-corrected chi connectivity index (χ0v) is 29.2. The molecule has 51 heavy (non-hydrogen) atoms. The molecule has 0 spiro atoms. The topological polar surface area (TPSA) is 328 Å². The number of aryl methyl sites for hydroxylation is 1. The minimum atomic E-state index is -1.31. The van der Waals surface area contributed by atoms with Crippen LogP contribution >= 0.6 is 0 Å². The number of guanidine groups is 2. The number of benzene rings is 1. The molecule has 3 atom stereocenters. The number of anilines is 1. The highest BCUT2D eigenvalue weighted by atomic mass is 16.6. The minimum absolute atomic E-state index is 0.00866. The van der Waals surface area contributed by atoms with Crippen molar-refractivity contribution in [1.82, 2.24) is 16.0 Å². The first-order valence-electron chi connectivity index (χ1n) is 16.2. The van der Waals surface area contributed by atoms with Crippen LogP contribution in [0.3, 0.4) is 0 Å². The van der Waals surface area contributed by atoms with E-state index in [1.165, 1.54) is 12.1 Å². The summed E-state index contributed by atoms with van der Waals surface area (Å²) in [6.45, 7) is 6.90. The molecule has 19 nitrogen and oxygen atoms in total. The van der Waals surface area contributed by atoms with Gasteiger partial charge in [0.25, 0.3) is 0 Å². The molecule has 19 heteroatoms. The van der Waals surface area contributed by atoms with Crippen molar-refractivity contribution in [3.8, 4) is 0 Å². The van der Waals surface area contributed by atoms with Crippen LogP contribution in [0.1, 0.15) is 64.9 Å². The second kappa shape index (κ2) is 19.3. The molecule has 1 aromatic heterocycles. The molecule has 280 valence electrons. The predicted molar refractivity (Wildman–Crippen MR) is 191 cm³/mol. The number of nitrogens with zero attached hydrogens (tertiary/aromatic N) is 2. The van der Waals surface area contributed by atoms with Crippen LogP contribution < -0.4 is 55.6 Å². The van der Waals surface area contributed by atoms with Crippen molar-refractivity contribution < 1.29 is 33.1 Å². The zero-order chi connectivity index (χ0) is 38.3. The largest absolute Gasteiger partial charge is 0.444 e. The number of carbonyl (C=O) groups excluding carboxylic acids is 5. The molecular weight excluding hydrogens is 666 g/mol. The van der Waals surface area contributed by atoms with Gasteiger partial charge in [-0.3, -0.25) is 29.2 Å². The Kier molecular flexibility index (Phi) is 15.7. The number of alkyl carbamates (subject to hydrolysis) is 1. The Balaban J connectivity index is 2.35. The van der Waals surface area contributed by atoms with Crippen LogP contribution in [0.15, 0.2) is 43.5 Å². The lowest BCUT2D eigenvalue weighted by atomic mass is 10.1. The maximum absolute atomic E-state index is 13.8.